The van der Waals surface area contributed by atoms with Gasteiger partial charge in [0.15, 0.2) is 0 Å². The van der Waals surface area contributed by atoms with Gasteiger partial charge in [0.25, 0.3) is 0 Å². The summed E-state index contributed by atoms with van der Waals surface area (Å²) in [4.78, 5) is 43.1. The van der Waals surface area contributed by atoms with E-state index < -0.39 is 41.7 Å². The van der Waals surface area contributed by atoms with E-state index in [0.717, 1.165) is 24.0 Å². The molecule has 0 spiro atoms. The minimum Gasteiger partial charge on any atom is -0.466 e. The molecule has 0 unspecified atom stereocenters. The predicted octanol–water partition coefficient (Wildman–Crippen LogP) is 4.80. The second-order valence-corrected chi connectivity index (χ2v) is 10.8. The molecule has 1 aliphatic heterocycles. The highest BCUT2D eigenvalue weighted by molar-refractivity contribution is 6.34. The van der Waals surface area contributed by atoms with Crippen LogP contribution in [0.25, 0.3) is 0 Å². The van der Waals surface area contributed by atoms with Gasteiger partial charge < -0.3 is 20.1 Å². The zero-order valence-electron chi connectivity index (χ0n) is 22.7. The lowest BCUT2D eigenvalue weighted by molar-refractivity contribution is -0.156. The number of nitrogens with zero attached hydrogens (tertiary/aromatic N) is 1. The van der Waals surface area contributed by atoms with Gasteiger partial charge in [-0.3, -0.25) is 14.4 Å². The number of rotatable bonds is 10. The van der Waals surface area contributed by atoms with Gasteiger partial charge in [-0.1, -0.05) is 79.6 Å². The maximum Gasteiger partial charge on any atom is 0.310 e. The summed E-state index contributed by atoms with van der Waals surface area (Å²) in [5.41, 5.74) is 2.20. The number of allylic oxidation sites excluding steroid dienone is 1. The first kappa shape index (κ1) is 28.8. The first-order chi connectivity index (χ1) is 18.8. The average Bonchev–Trinajstić information content (AvgIpc) is 3.22. The number of nitrogens with one attached hydrogen (secondary N) is 1. The summed E-state index contributed by atoms with van der Waals surface area (Å²) >= 11 is 6.42. The third-order valence-electron chi connectivity index (χ3n) is 7.89. The van der Waals surface area contributed by atoms with E-state index in [-0.39, 0.29) is 25.0 Å². The van der Waals surface area contributed by atoms with Crippen LogP contribution in [-0.4, -0.2) is 53.1 Å². The number of hydrogen-bond acceptors (Lipinski definition) is 5. The number of aryl methyl sites for hydroxylation is 1. The van der Waals surface area contributed by atoms with E-state index in [9.17, 15) is 19.5 Å². The Labute approximate surface area is 235 Å². The smallest absolute Gasteiger partial charge is 0.310 e. The Morgan fingerprint density at radius 2 is 1.85 bits per heavy atom. The molecule has 39 heavy (non-hydrogen) atoms. The molecule has 2 aliphatic rings. The fraction of sp³-hybridized carbons (Fsp3) is 0.452. The van der Waals surface area contributed by atoms with E-state index in [0.29, 0.717) is 17.1 Å². The molecule has 2 N–H and O–H groups in total. The fourth-order valence-corrected chi connectivity index (χ4v) is 6.40. The summed E-state index contributed by atoms with van der Waals surface area (Å²) in [6, 6.07) is 13.3. The molecule has 1 heterocycles. The standard InChI is InChI=1S/C31H37ClN2O5/c1-4-10-21-15-16-23-26(25(21)31(38)39-5-2)30(37)34(22(18-35)17-20-12-7-6-8-13-20)28(23)29(36)33-27-19(3)11-9-14-24(27)32/h6-9,11-16,21-23,25-26,28,35H,4-5,10,17-18H2,1-3H3,(H,33,36)/t21-,22-,23+,25-,26-,28+/m1/s1. The molecule has 6 atom stereocenters. The number of carbonyl (C=O) groups excluding carboxylic acids is 3. The van der Waals surface area contributed by atoms with Crippen molar-refractivity contribution >= 4 is 35.1 Å². The highest BCUT2D eigenvalue weighted by Gasteiger charge is 2.59. The van der Waals surface area contributed by atoms with Crippen LogP contribution in [0, 0.1) is 30.6 Å². The van der Waals surface area contributed by atoms with Gasteiger partial charge in [-0.25, -0.2) is 0 Å². The minimum absolute atomic E-state index is 0.171. The molecule has 0 saturated carbocycles. The van der Waals surface area contributed by atoms with Gasteiger partial charge >= 0.3 is 5.97 Å². The summed E-state index contributed by atoms with van der Waals surface area (Å²) in [6.07, 6.45) is 5.81. The quantitative estimate of drug-likeness (QED) is 0.326. The lowest BCUT2D eigenvalue weighted by Gasteiger charge is -2.34. The van der Waals surface area contributed by atoms with Crippen LogP contribution in [0.5, 0.6) is 0 Å². The molecule has 1 saturated heterocycles. The van der Waals surface area contributed by atoms with Gasteiger partial charge in [0, 0.05) is 5.92 Å². The maximum absolute atomic E-state index is 14.3. The van der Waals surface area contributed by atoms with E-state index >= 15 is 0 Å². The molecular weight excluding hydrogens is 516 g/mol. The third kappa shape index (κ3) is 5.89. The Morgan fingerprint density at radius 3 is 2.49 bits per heavy atom. The summed E-state index contributed by atoms with van der Waals surface area (Å²) in [5, 5.41) is 13.9. The van der Waals surface area contributed by atoms with Crippen LogP contribution in [0.4, 0.5) is 5.69 Å². The second kappa shape index (κ2) is 12.8. The van der Waals surface area contributed by atoms with Crippen molar-refractivity contribution in [1.29, 1.82) is 0 Å². The molecule has 0 radical (unpaired) electrons. The largest absolute Gasteiger partial charge is 0.466 e. The zero-order chi connectivity index (χ0) is 28.1. The molecule has 8 heteroatoms. The maximum atomic E-state index is 14.3. The number of halogens is 1. The zero-order valence-corrected chi connectivity index (χ0v) is 23.4. The van der Waals surface area contributed by atoms with Gasteiger partial charge in [0.05, 0.1) is 41.8 Å². The number of esters is 1. The highest BCUT2D eigenvalue weighted by atomic mass is 35.5. The molecular formula is C31H37ClN2O5. The van der Waals surface area contributed by atoms with Crippen molar-refractivity contribution in [1.82, 2.24) is 4.90 Å². The monoisotopic (exact) mass is 552 g/mol. The van der Waals surface area contributed by atoms with Gasteiger partial charge in [0.2, 0.25) is 11.8 Å². The normalized spacial score (nSPS) is 24.8. The summed E-state index contributed by atoms with van der Waals surface area (Å²) < 4.78 is 5.44. The van der Waals surface area contributed by atoms with Crippen molar-refractivity contribution in [2.24, 2.45) is 23.7 Å². The Balaban J connectivity index is 1.78. The molecule has 4 rings (SSSR count). The number of para-hydroxylation sites is 1. The average molecular weight is 553 g/mol. The van der Waals surface area contributed by atoms with Crippen LogP contribution in [0.15, 0.2) is 60.7 Å². The van der Waals surface area contributed by atoms with E-state index in [1.165, 1.54) is 4.90 Å². The number of anilines is 1. The molecule has 2 aromatic rings. The number of carbonyl (C=O) groups is 3. The number of fused-ring (bicyclic) bond motifs is 1. The molecule has 1 aliphatic carbocycles. The van der Waals surface area contributed by atoms with Crippen LogP contribution in [0.1, 0.15) is 37.8 Å². The van der Waals surface area contributed by atoms with Gasteiger partial charge in [-0.2, -0.15) is 0 Å². The van der Waals surface area contributed by atoms with Gasteiger partial charge in [-0.15, -0.1) is 0 Å². The Kier molecular flexibility index (Phi) is 9.46. The predicted molar refractivity (Wildman–Crippen MR) is 151 cm³/mol. The van der Waals surface area contributed by atoms with Crippen LogP contribution in [0.2, 0.25) is 5.02 Å². The van der Waals surface area contributed by atoms with E-state index in [4.69, 9.17) is 16.3 Å². The summed E-state index contributed by atoms with van der Waals surface area (Å²) in [6.45, 7) is 5.50. The van der Waals surface area contributed by atoms with Crippen LogP contribution in [0.3, 0.4) is 0 Å². The Bertz CT molecular complexity index is 1200. The fourth-order valence-electron chi connectivity index (χ4n) is 6.13. The van der Waals surface area contributed by atoms with Crippen molar-refractivity contribution in [2.45, 2.75) is 52.1 Å². The Morgan fingerprint density at radius 1 is 1.10 bits per heavy atom. The van der Waals surface area contributed by atoms with E-state index in [1.807, 2.05) is 62.4 Å². The number of likely N-dealkylation sites (tertiary alicyclic amines) is 1. The summed E-state index contributed by atoms with van der Waals surface area (Å²) in [5.74, 6) is -3.34. The first-order valence-electron chi connectivity index (χ1n) is 13.7. The lowest BCUT2D eigenvalue weighted by atomic mass is 9.69. The number of benzene rings is 2. The van der Waals surface area contributed by atoms with Crippen molar-refractivity contribution in [3.05, 3.63) is 76.8 Å². The number of hydrogen-bond donors (Lipinski definition) is 2. The van der Waals surface area contributed by atoms with Crippen LogP contribution < -0.4 is 5.32 Å². The minimum atomic E-state index is -0.935. The second-order valence-electron chi connectivity index (χ2n) is 10.4. The van der Waals surface area contributed by atoms with Gasteiger partial charge in [-0.05, 0) is 49.8 Å². The van der Waals surface area contributed by atoms with Crippen molar-refractivity contribution < 1.29 is 24.2 Å². The van der Waals surface area contributed by atoms with Crippen molar-refractivity contribution in [3.8, 4) is 0 Å². The Hall–Kier alpha value is -3.16. The van der Waals surface area contributed by atoms with E-state index in [1.54, 1.807) is 19.1 Å². The lowest BCUT2D eigenvalue weighted by Crippen LogP contribution is -2.51. The molecule has 1 fully saturated rings. The first-order valence-corrected chi connectivity index (χ1v) is 14.1. The molecule has 2 amide bonds. The SMILES string of the molecule is CCC[C@@H]1C=C[C@H]2[C@@H](C(=O)N([C@@H](CO)Cc3ccccc3)[C@@H]2C(=O)Nc2c(C)cccc2Cl)[C@@H]1C(=O)OCC. The molecule has 0 aromatic heterocycles. The molecule has 208 valence electrons. The number of aliphatic hydroxyl groups is 1. The van der Waals surface area contributed by atoms with Crippen molar-refractivity contribution in [3.63, 3.8) is 0 Å². The summed E-state index contributed by atoms with van der Waals surface area (Å²) in [7, 11) is 0. The molecule has 2 aromatic carbocycles. The van der Waals surface area contributed by atoms with Gasteiger partial charge in [0.1, 0.15) is 6.04 Å². The molecule has 0 bridgehead atoms. The van der Waals surface area contributed by atoms with Crippen LogP contribution >= 0.6 is 11.6 Å². The number of aliphatic hydroxyl groups excluding tert-OH is 1. The topological polar surface area (TPSA) is 95.9 Å². The third-order valence-corrected chi connectivity index (χ3v) is 8.20. The number of ether oxygens (including phenoxy) is 1. The highest BCUT2D eigenvalue weighted by Crippen LogP contribution is 2.47. The van der Waals surface area contributed by atoms with Crippen LogP contribution in [-0.2, 0) is 25.5 Å². The molecule has 7 nitrogen and oxygen atoms in total. The van der Waals surface area contributed by atoms with Crippen molar-refractivity contribution in [2.75, 3.05) is 18.5 Å². The number of amides is 2. The van der Waals surface area contributed by atoms with E-state index in [2.05, 4.69) is 5.32 Å².